The molecule has 1 aliphatic carbocycles. The van der Waals surface area contributed by atoms with Crippen LogP contribution in [0.1, 0.15) is 79.8 Å². The summed E-state index contributed by atoms with van der Waals surface area (Å²) >= 11 is 0. The summed E-state index contributed by atoms with van der Waals surface area (Å²) in [7, 11) is 0. The van der Waals surface area contributed by atoms with E-state index in [1.807, 2.05) is 6.92 Å². The number of aromatic nitrogens is 5. The molecule has 3 aromatic rings. The summed E-state index contributed by atoms with van der Waals surface area (Å²) in [5.41, 5.74) is -0.758. The maximum absolute atomic E-state index is 13.5. The highest BCUT2D eigenvalue weighted by atomic mass is 19.4. The van der Waals surface area contributed by atoms with Crippen LogP contribution in [0, 0.1) is 17.3 Å². The van der Waals surface area contributed by atoms with Gasteiger partial charge >= 0.3 is 12.1 Å². The molecule has 0 unspecified atom stereocenters. The lowest BCUT2D eigenvalue weighted by Gasteiger charge is -2.37. The Bertz CT molecular complexity index is 1460. The lowest BCUT2D eigenvalue weighted by Crippen LogP contribution is -2.57. The summed E-state index contributed by atoms with van der Waals surface area (Å²) in [6, 6.07) is 4.29. The van der Waals surface area contributed by atoms with Gasteiger partial charge < -0.3 is 15.7 Å². The second-order valence-corrected chi connectivity index (χ2v) is 11.2. The summed E-state index contributed by atoms with van der Waals surface area (Å²) in [5, 5.41) is 23.9. The van der Waals surface area contributed by atoms with E-state index in [1.165, 1.54) is 10.6 Å². The van der Waals surface area contributed by atoms with Crippen molar-refractivity contribution in [2.45, 2.75) is 77.1 Å². The van der Waals surface area contributed by atoms with Crippen LogP contribution >= 0.6 is 0 Å². The topological polar surface area (TPSA) is 144 Å². The third-order valence-corrected chi connectivity index (χ3v) is 8.51. The minimum absolute atomic E-state index is 0.124. The molecular formula is C28H34F3N7O4. The molecule has 5 rings (SSSR count). The summed E-state index contributed by atoms with van der Waals surface area (Å²) in [6.45, 7) is 1.76. The van der Waals surface area contributed by atoms with Crippen molar-refractivity contribution in [2.24, 2.45) is 17.3 Å². The SMILES string of the molecule is CCn1nccc1C(=O)N[C@H](c1cn2nc(C[C@@]3(C(=O)O)C[C@H](C(F)(F)F)CNC3=O)ccc2n1)C1CCCCCC1. The van der Waals surface area contributed by atoms with Gasteiger partial charge in [-0.05, 0) is 50.3 Å². The molecule has 1 aliphatic heterocycles. The second kappa shape index (κ2) is 11.7. The lowest BCUT2D eigenvalue weighted by molar-refractivity contribution is -0.194. The maximum Gasteiger partial charge on any atom is 0.393 e. The molecule has 3 N–H and O–H groups in total. The molecule has 4 heterocycles. The van der Waals surface area contributed by atoms with Crippen LogP contribution in [-0.2, 0) is 22.6 Å². The van der Waals surface area contributed by atoms with E-state index in [2.05, 4.69) is 20.8 Å². The highest BCUT2D eigenvalue weighted by molar-refractivity contribution is 6.02. The first-order valence-electron chi connectivity index (χ1n) is 14.3. The van der Waals surface area contributed by atoms with E-state index in [-0.39, 0.29) is 17.5 Å². The summed E-state index contributed by atoms with van der Waals surface area (Å²) in [6.07, 6.45) is 3.26. The monoisotopic (exact) mass is 589 g/mol. The van der Waals surface area contributed by atoms with Gasteiger partial charge in [0.2, 0.25) is 5.91 Å². The Balaban J connectivity index is 1.46. The van der Waals surface area contributed by atoms with Gasteiger partial charge in [-0.1, -0.05) is 25.7 Å². The number of aryl methyl sites for hydroxylation is 1. The number of imidazole rings is 1. The minimum Gasteiger partial charge on any atom is -0.480 e. The van der Waals surface area contributed by atoms with Gasteiger partial charge in [-0.15, -0.1) is 0 Å². The molecule has 0 aromatic carbocycles. The number of alkyl halides is 3. The van der Waals surface area contributed by atoms with Crippen LogP contribution in [-0.4, -0.2) is 60.0 Å². The Morgan fingerprint density at radius 2 is 1.93 bits per heavy atom. The Labute approximate surface area is 239 Å². The number of carboxylic acids is 1. The number of carbonyl (C=O) groups is 3. The molecule has 1 saturated carbocycles. The molecule has 0 bridgehead atoms. The highest BCUT2D eigenvalue weighted by Crippen LogP contribution is 2.41. The van der Waals surface area contributed by atoms with Crippen LogP contribution in [0.4, 0.5) is 13.2 Å². The van der Waals surface area contributed by atoms with Crippen molar-refractivity contribution in [1.29, 1.82) is 0 Å². The molecule has 226 valence electrons. The summed E-state index contributed by atoms with van der Waals surface area (Å²) in [4.78, 5) is 43.0. The van der Waals surface area contributed by atoms with Crippen LogP contribution in [0.2, 0.25) is 0 Å². The van der Waals surface area contributed by atoms with E-state index in [4.69, 9.17) is 4.98 Å². The average molecular weight is 590 g/mol. The molecule has 2 aliphatic rings. The van der Waals surface area contributed by atoms with Crippen molar-refractivity contribution >= 4 is 23.4 Å². The van der Waals surface area contributed by atoms with Crippen LogP contribution in [0.5, 0.6) is 0 Å². The molecule has 2 amide bonds. The first-order valence-corrected chi connectivity index (χ1v) is 14.3. The van der Waals surface area contributed by atoms with Gasteiger partial charge in [-0.25, -0.2) is 9.50 Å². The number of rotatable bonds is 8. The van der Waals surface area contributed by atoms with Crippen molar-refractivity contribution in [2.75, 3.05) is 6.54 Å². The van der Waals surface area contributed by atoms with Gasteiger partial charge in [-0.3, -0.25) is 19.1 Å². The fraction of sp³-hybridized carbons (Fsp3) is 0.571. The summed E-state index contributed by atoms with van der Waals surface area (Å²) in [5.74, 6) is -4.74. The Morgan fingerprint density at radius 1 is 1.19 bits per heavy atom. The van der Waals surface area contributed by atoms with E-state index in [0.29, 0.717) is 23.6 Å². The second-order valence-electron chi connectivity index (χ2n) is 11.2. The zero-order valence-electron chi connectivity index (χ0n) is 23.2. The average Bonchev–Trinajstić information content (AvgIpc) is 3.51. The van der Waals surface area contributed by atoms with Gasteiger partial charge in [0.15, 0.2) is 11.1 Å². The van der Waals surface area contributed by atoms with Gasteiger partial charge in [0.25, 0.3) is 5.91 Å². The minimum atomic E-state index is -4.66. The molecule has 11 nitrogen and oxygen atoms in total. The fourth-order valence-electron chi connectivity index (χ4n) is 6.18. The molecule has 1 saturated heterocycles. The number of piperidine rings is 1. The smallest absolute Gasteiger partial charge is 0.393 e. The number of nitrogens with zero attached hydrogens (tertiary/aromatic N) is 5. The number of amides is 2. The Kier molecular flexibility index (Phi) is 8.24. The Hall–Kier alpha value is -3.97. The van der Waals surface area contributed by atoms with Crippen molar-refractivity contribution in [1.82, 2.24) is 35.0 Å². The first kappa shape index (κ1) is 29.5. The number of hydrogen-bond acceptors (Lipinski definition) is 6. The first-order chi connectivity index (χ1) is 20.0. The normalized spacial score (nSPS) is 22.9. The zero-order chi connectivity index (χ0) is 30.1. The van der Waals surface area contributed by atoms with Crippen LogP contribution in [0.25, 0.3) is 5.65 Å². The predicted octanol–water partition coefficient (Wildman–Crippen LogP) is 3.70. The van der Waals surface area contributed by atoms with Gasteiger partial charge in [0.1, 0.15) is 5.69 Å². The molecular weight excluding hydrogens is 555 g/mol. The van der Waals surface area contributed by atoms with E-state index in [9.17, 15) is 32.7 Å². The van der Waals surface area contributed by atoms with Crippen molar-refractivity contribution in [3.63, 3.8) is 0 Å². The predicted molar refractivity (Wildman–Crippen MR) is 143 cm³/mol. The molecule has 0 radical (unpaired) electrons. The largest absolute Gasteiger partial charge is 0.480 e. The van der Waals surface area contributed by atoms with Gasteiger partial charge in [0, 0.05) is 25.7 Å². The molecule has 0 spiro atoms. The standard InChI is InChI=1S/C28H34F3N7O4/c1-2-37-21(11-12-33-37)24(39)35-23(17-7-5-3-4-6-8-17)20-16-38-22(34-20)10-9-19(36-38)14-27(26(41)42)13-18(28(29,30)31)15-32-25(27)40/h9-12,16-18,23H,2-8,13-15H2,1H3,(H,32,40)(H,35,39)(H,41,42)/t18-,23-,27-/m0/s1. The van der Waals surface area contributed by atoms with Gasteiger partial charge in [-0.2, -0.15) is 23.4 Å². The number of carboxylic acid groups (broad SMARTS) is 1. The number of halogens is 3. The zero-order valence-corrected chi connectivity index (χ0v) is 23.2. The third kappa shape index (κ3) is 5.84. The molecule has 2 fully saturated rings. The van der Waals surface area contributed by atoms with Crippen molar-refractivity contribution in [3.8, 4) is 0 Å². The Morgan fingerprint density at radius 3 is 2.60 bits per heavy atom. The lowest BCUT2D eigenvalue weighted by atomic mass is 9.72. The molecule has 42 heavy (non-hydrogen) atoms. The fourth-order valence-corrected chi connectivity index (χ4v) is 6.18. The number of carbonyl (C=O) groups excluding carboxylic acids is 2. The van der Waals surface area contributed by atoms with Crippen LogP contribution in [0.3, 0.4) is 0 Å². The summed E-state index contributed by atoms with van der Waals surface area (Å²) < 4.78 is 43.5. The molecule has 3 aromatic heterocycles. The number of nitrogens with one attached hydrogen (secondary N) is 2. The van der Waals surface area contributed by atoms with E-state index in [1.54, 1.807) is 29.2 Å². The maximum atomic E-state index is 13.5. The van der Waals surface area contributed by atoms with E-state index in [0.717, 1.165) is 38.5 Å². The quantitative estimate of drug-likeness (QED) is 0.269. The third-order valence-electron chi connectivity index (χ3n) is 8.51. The number of hydrogen-bond donors (Lipinski definition) is 3. The van der Waals surface area contributed by atoms with E-state index < -0.39 is 54.8 Å². The van der Waals surface area contributed by atoms with Crippen LogP contribution < -0.4 is 10.6 Å². The number of aliphatic carboxylic acids is 1. The highest BCUT2D eigenvalue weighted by Gasteiger charge is 2.56. The molecule has 14 heteroatoms. The molecule has 3 atom stereocenters. The van der Waals surface area contributed by atoms with Crippen molar-refractivity contribution in [3.05, 3.63) is 47.7 Å². The van der Waals surface area contributed by atoms with Crippen molar-refractivity contribution < 1.29 is 32.7 Å². The number of fused-ring (bicyclic) bond motifs is 1. The van der Waals surface area contributed by atoms with Gasteiger partial charge in [0.05, 0.1) is 29.5 Å². The van der Waals surface area contributed by atoms with E-state index >= 15 is 0 Å². The van der Waals surface area contributed by atoms with Crippen LogP contribution in [0.15, 0.2) is 30.6 Å².